The van der Waals surface area contributed by atoms with Crippen LogP contribution < -0.4 is 0 Å². The second-order valence-electron chi connectivity index (χ2n) is 2.46. The van der Waals surface area contributed by atoms with Crippen molar-refractivity contribution < 1.29 is 13.9 Å². The van der Waals surface area contributed by atoms with Crippen LogP contribution >= 0.6 is 11.6 Å². The molecule has 1 aromatic carbocycles. The fourth-order valence-corrected chi connectivity index (χ4v) is 1.26. The lowest BCUT2D eigenvalue weighted by atomic mass is 10.1. The predicted molar refractivity (Wildman–Crippen MR) is 47.2 cm³/mol. The van der Waals surface area contributed by atoms with Crippen molar-refractivity contribution in [3.63, 3.8) is 0 Å². The Morgan fingerprint density at radius 3 is 2.77 bits per heavy atom. The van der Waals surface area contributed by atoms with Gasteiger partial charge in [0, 0.05) is 17.7 Å². The molecule has 1 rings (SSSR count). The van der Waals surface area contributed by atoms with Crippen LogP contribution in [0.1, 0.15) is 11.7 Å². The Balaban J connectivity index is 3.06. The van der Waals surface area contributed by atoms with Crippen LogP contribution in [0, 0.1) is 5.82 Å². The van der Waals surface area contributed by atoms with Crippen molar-refractivity contribution in [1.82, 2.24) is 0 Å². The van der Waals surface area contributed by atoms with E-state index in [0.717, 1.165) is 6.07 Å². The average Bonchev–Trinajstić information content (AvgIpc) is 2.10. The van der Waals surface area contributed by atoms with Crippen LogP contribution in [0.4, 0.5) is 4.39 Å². The predicted octanol–water partition coefficient (Wildman–Crippen LogP) is 2.37. The highest BCUT2D eigenvalue weighted by Crippen LogP contribution is 2.24. The maximum absolute atomic E-state index is 12.6. The third-order valence-corrected chi connectivity index (χ3v) is 1.97. The van der Waals surface area contributed by atoms with Crippen molar-refractivity contribution in [3.05, 3.63) is 34.6 Å². The summed E-state index contributed by atoms with van der Waals surface area (Å²) in [5.74, 6) is -0.436. The molecule has 1 atom stereocenters. The monoisotopic (exact) mass is 202 g/mol. The molecule has 0 amide bonds. The van der Waals surface area contributed by atoms with Crippen molar-refractivity contribution in [3.8, 4) is 0 Å². The number of hydrogen-bond acceptors (Lipinski definition) is 2. The molecule has 0 spiro atoms. The molecule has 0 saturated carbocycles. The number of aldehydes is 1. The molecular formula is C9H8ClFO2. The first-order valence-electron chi connectivity index (χ1n) is 3.62. The first-order chi connectivity index (χ1) is 6.19. The summed E-state index contributed by atoms with van der Waals surface area (Å²) in [6.45, 7) is 0. The van der Waals surface area contributed by atoms with Crippen LogP contribution in [0.15, 0.2) is 18.2 Å². The molecule has 0 radical (unpaired) electrons. The first-order valence-corrected chi connectivity index (χ1v) is 4.00. The number of hydrogen-bond donors (Lipinski definition) is 0. The minimum absolute atomic E-state index is 0.193. The quantitative estimate of drug-likeness (QED) is 0.704. The van der Waals surface area contributed by atoms with E-state index in [1.54, 1.807) is 0 Å². The molecular weight excluding hydrogens is 195 g/mol. The molecule has 0 N–H and O–H groups in total. The Morgan fingerprint density at radius 1 is 1.62 bits per heavy atom. The zero-order valence-electron chi connectivity index (χ0n) is 6.96. The molecule has 0 aliphatic heterocycles. The summed E-state index contributed by atoms with van der Waals surface area (Å²) < 4.78 is 17.4. The molecule has 4 heteroatoms. The number of carbonyl (C=O) groups excluding carboxylic acids is 1. The van der Waals surface area contributed by atoms with E-state index in [1.807, 2.05) is 0 Å². The normalized spacial score (nSPS) is 12.5. The van der Waals surface area contributed by atoms with Crippen molar-refractivity contribution in [2.24, 2.45) is 0 Å². The lowest BCUT2D eigenvalue weighted by molar-refractivity contribution is -0.116. The number of benzene rings is 1. The van der Waals surface area contributed by atoms with E-state index in [0.29, 0.717) is 11.8 Å². The number of halogens is 2. The molecule has 0 heterocycles. The maximum Gasteiger partial charge on any atom is 0.153 e. The summed E-state index contributed by atoms with van der Waals surface area (Å²) in [6, 6.07) is 3.81. The minimum Gasteiger partial charge on any atom is -0.369 e. The van der Waals surface area contributed by atoms with Crippen LogP contribution in [-0.4, -0.2) is 13.4 Å². The van der Waals surface area contributed by atoms with E-state index in [-0.39, 0.29) is 5.02 Å². The zero-order valence-corrected chi connectivity index (χ0v) is 7.72. The lowest BCUT2D eigenvalue weighted by Gasteiger charge is -2.09. The highest BCUT2D eigenvalue weighted by Gasteiger charge is 2.12. The van der Waals surface area contributed by atoms with E-state index in [9.17, 15) is 9.18 Å². The second kappa shape index (κ2) is 4.35. The SMILES string of the molecule is COC(C=O)c1ccc(F)cc1Cl. The highest BCUT2D eigenvalue weighted by molar-refractivity contribution is 6.31. The van der Waals surface area contributed by atoms with Gasteiger partial charge < -0.3 is 9.53 Å². The number of carbonyl (C=O) groups is 1. The molecule has 1 aromatic rings. The van der Waals surface area contributed by atoms with Crippen molar-refractivity contribution in [2.45, 2.75) is 6.10 Å². The third kappa shape index (κ3) is 2.26. The van der Waals surface area contributed by atoms with E-state index >= 15 is 0 Å². The lowest BCUT2D eigenvalue weighted by Crippen LogP contribution is -2.03. The van der Waals surface area contributed by atoms with Crippen LogP contribution in [0.5, 0.6) is 0 Å². The highest BCUT2D eigenvalue weighted by atomic mass is 35.5. The van der Waals surface area contributed by atoms with Gasteiger partial charge in [-0.15, -0.1) is 0 Å². The van der Waals surface area contributed by atoms with Crippen LogP contribution in [0.25, 0.3) is 0 Å². The topological polar surface area (TPSA) is 26.3 Å². The van der Waals surface area contributed by atoms with Gasteiger partial charge in [0.25, 0.3) is 0 Å². The van der Waals surface area contributed by atoms with Crippen LogP contribution in [-0.2, 0) is 9.53 Å². The Hall–Kier alpha value is -0.930. The standard InChI is InChI=1S/C9H8ClFO2/c1-13-9(5-12)7-3-2-6(11)4-8(7)10/h2-5,9H,1H3. The first kappa shape index (κ1) is 10.2. The zero-order chi connectivity index (χ0) is 9.84. The van der Waals surface area contributed by atoms with Gasteiger partial charge in [-0.25, -0.2) is 4.39 Å². The summed E-state index contributed by atoms with van der Waals surface area (Å²) in [5.41, 5.74) is 0.473. The average molecular weight is 203 g/mol. The number of methoxy groups -OCH3 is 1. The van der Waals surface area contributed by atoms with Gasteiger partial charge in [0.15, 0.2) is 6.29 Å². The van der Waals surface area contributed by atoms with E-state index in [2.05, 4.69) is 0 Å². The minimum atomic E-state index is -0.729. The molecule has 0 aliphatic carbocycles. The summed E-state index contributed by atoms with van der Waals surface area (Å²) >= 11 is 5.70. The summed E-state index contributed by atoms with van der Waals surface area (Å²) in [6.07, 6.45) is -0.118. The van der Waals surface area contributed by atoms with E-state index < -0.39 is 11.9 Å². The molecule has 0 fully saturated rings. The molecule has 0 bridgehead atoms. The van der Waals surface area contributed by atoms with Gasteiger partial charge in [-0.2, -0.15) is 0 Å². The second-order valence-corrected chi connectivity index (χ2v) is 2.87. The van der Waals surface area contributed by atoms with Gasteiger partial charge in [0.1, 0.15) is 11.9 Å². The molecule has 2 nitrogen and oxygen atoms in total. The fraction of sp³-hybridized carbons (Fsp3) is 0.222. The Morgan fingerprint density at radius 2 is 2.31 bits per heavy atom. The number of ether oxygens (including phenoxy) is 1. The molecule has 1 unspecified atom stereocenters. The molecule has 0 aromatic heterocycles. The van der Waals surface area contributed by atoms with Gasteiger partial charge >= 0.3 is 0 Å². The van der Waals surface area contributed by atoms with Crippen molar-refractivity contribution >= 4 is 17.9 Å². The molecule has 0 saturated heterocycles. The Bertz CT molecular complexity index is 314. The van der Waals surface area contributed by atoms with Gasteiger partial charge in [-0.05, 0) is 12.1 Å². The van der Waals surface area contributed by atoms with Gasteiger partial charge in [0.05, 0.1) is 0 Å². The maximum atomic E-state index is 12.6. The third-order valence-electron chi connectivity index (χ3n) is 1.65. The van der Waals surface area contributed by atoms with Crippen molar-refractivity contribution in [1.29, 1.82) is 0 Å². The van der Waals surface area contributed by atoms with Crippen molar-refractivity contribution in [2.75, 3.05) is 7.11 Å². The van der Waals surface area contributed by atoms with Gasteiger partial charge in [0.2, 0.25) is 0 Å². The number of rotatable bonds is 3. The molecule has 70 valence electrons. The largest absolute Gasteiger partial charge is 0.369 e. The smallest absolute Gasteiger partial charge is 0.153 e. The molecule has 13 heavy (non-hydrogen) atoms. The van der Waals surface area contributed by atoms with Gasteiger partial charge in [-0.1, -0.05) is 17.7 Å². The van der Waals surface area contributed by atoms with Crippen LogP contribution in [0.3, 0.4) is 0 Å². The van der Waals surface area contributed by atoms with Crippen LogP contribution in [0.2, 0.25) is 5.02 Å². The van der Waals surface area contributed by atoms with E-state index in [1.165, 1.54) is 19.2 Å². The van der Waals surface area contributed by atoms with Gasteiger partial charge in [-0.3, -0.25) is 0 Å². The Labute approximate surface area is 80.3 Å². The summed E-state index contributed by atoms with van der Waals surface area (Å²) in [4.78, 5) is 10.5. The fourth-order valence-electron chi connectivity index (χ4n) is 0.988. The molecule has 0 aliphatic rings. The summed E-state index contributed by atoms with van der Waals surface area (Å²) in [7, 11) is 1.39. The summed E-state index contributed by atoms with van der Waals surface area (Å²) in [5, 5.41) is 0.193. The Kier molecular flexibility index (Phi) is 3.39. The van der Waals surface area contributed by atoms with E-state index in [4.69, 9.17) is 16.3 Å².